The minimum absolute atomic E-state index is 0.0495. The van der Waals surface area contributed by atoms with E-state index in [1.165, 1.54) is 38.5 Å². The van der Waals surface area contributed by atoms with Crippen molar-refractivity contribution >= 4 is 11.6 Å². The highest BCUT2D eigenvalue weighted by Gasteiger charge is 2.55. The molecule has 2 aliphatic heterocycles. The molecule has 4 nitrogen and oxygen atoms in total. The lowest BCUT2D eigenvalue weighted by Gasteiger charge is -2.22. The molecule has 1 spiro atoms. The second-order valence-electron chi connectivity index (χ2n) is 6.91. The molecule has 0 N–H and O–H groups in total. The Morgan fingerprint density at radius 3 is 2.42 bits per heavy atom. The summed E-state index contributed by atoms with van der Waals surface area (Å²) < 4.78 is 11.6. The maximum Gasteiger partial charge on any atom is 0.292 e. The Bertz CT molecular complexity index is 578. The molecule has 0 bridgehead atoms. The van der Waals surface area contributed by atoms with Gasteiger partial charge in [0.2, 0.25) is 0 Å². The number of benzene rings is 1. The first-order valence-corrected chi connectivity index (χ1v) is 9.40. The Morgan fingerprint density at radius 2 is 1.71 bits per heavy atom. The molecule has 1 amide bonds. The Labute approximate surface area is 145 Å². The third kappa shape index (κ3) is 3.22. The van der Waals surface area contributed by atoms with Gasteiger partial charge in [0, 0.05) is 12.1 Å². The van der Waals surface area contributed by atoms with Crippen LogP contribution in [0.25, 0.3) is 0 Å². The molecule has 3 rings (SSSR count). The number of amides is 1. The number of carbonyl (C=O) groups is 1. The van der Waals surface area contributed by atoms with E-state index in [2.05, 4.69) is 13.0 Å². The van der Waals surface area contributed by atoms with Gasteiger partial charge in [-0.05, 0) is 25.5 Å². The lowest BCUT2D eigenvalue weighted by molar-refractivity contribution is -0.180. The standard InChI is InChI=1S/C20H29NO3/c1-3-4-5-6-7-8-9-12-21-18-11-10-16(2)15-17(18)20(19(21)22)23-13-14-24-20/h10-11,15H,3-9,12-14H2,1-2H3. The van der Waals surface area contributed by atoms with E-state index in [1.807, 2.05) is 24.0 Å². The smallest absolute Gasteiger partial charge is 0.292 e. The van der Waals surface area contributed by atoms with E-state index in [0.717, 1.165) is 29.8 Å². The number of hydrogen-bond acceptors (Lipinski definition) is 3. The van der Waals surface area contributed by atoms with Crippen molar-refractivity contribution in [2.45, 2.75) is 64.6 Å². The van der Waals surface area contributed by atoms with Crippen molar-refractivity contribution in [2.24, 2.45) is 0 Å². The zero-order valence-corrected chi connectivity index (χ0v) is 15.0. The second-order valence-corrected chi connectivity index (χ2v) is 6.91. The number of fused-ring (bicyclic) bond motifs is 2. The Balaban J connectivity index is 1.63. The summed E-state index contributed by atoms with van der Waals surface area (Å²) in [6, 6.07) is 6.12. The summed E-state index contributed by atoms with van der Waals surface area (Å²) in [5.41, 5.74) is 2.96. The van der Waals surface area contributed by atoms with Crippen molar-refractivity contribution in [2.75, 3.05) is 24.7 Å². The van der Waals surface area contributed by atoms with E-state index in [4.69, 9.17) is 9.47 Å². The first-order valence-electron chi connectivity index (χ1n) is 9.40. The molecule has 1 aromatic carbocycles. The van der Waals surface area contributed by atoms with E-state index in [0.29, 0.717) is 13.2 Å². The molecule has 24 heavy (non-hydrogen) atoms. The van der Waals surface area contributed by atoms with Crippen LogP contribution >= 0.6 is 0 Å². The molecular formula is C20H29NO3. The van der Waals surface area contributed by atoms with Gasteiger partial charge in [0.15, 0.2) is 0 Å². The van der Waals surface area contributed by atoms with Gasteiger partial charge in [-0.1, -0.05) is 57.1 Å². The molecule has 0 atom stereocenters. The fraction of sp³-hybridized carbons (Fsp3) is 0.650. The minimum atomic E-state index is -1.18. The summed E-state index contributed by atoms with van der Waals surface area (Å²) in [5, 5.41) is 0. The predicted octanol–water partition coefficient (Wildman–Crippen LogP) is 4.29. The van der Waals surface area contributed by atoms with Crippen molar-refractivity contribution in [3.8, 4) is 0 Å². The fourth-order valence-corrected chi connectivity index (χ4v) is 3.69. The fourth-order valence-electron chi connectivity index (χ4n) is 3.69. The zero-order chi connectivity index (χ0) is 17.0. The molecule has 0 radical (unpaired) electrons. The highest BCUT2D eigenvalue weighted by atomic mass is 16.7. The minimum Gasteiger partial charge on any atom is -0.336 e. The van der Waals surface area contributed by atoms with E-state index >= 15 is 0 Å². The number of ether oxygens (including phenoxy) is 2. The number of anilines is 1. The maximum atomic E-state index is 13.0. The molecule has 0 aliphatic carbocycles. The summed E-state index contributed by atoms with van der Waals surface area (Å²) in [6.07, 6.45) is 8.68. The van der Waals surface area contributed by atoms with Crippen LogP contribution in [-0.2, 0) is 20.1 Å². The van der Waals surface area contributed by atoms with E-state index in [-0.39, 0.29) is 5.91 Å². The average molecular weight is 331 g/mol. The van der Waals surface area contributed by atoms with Crippen molar-refractivity contribution in [1.29, 1.82) is 0 Å². The van der Waals surface area contributed by atoms with Gasteiger partial charge in [0.25, 0.3) is 11.7 Å². The van der Waals surface area contributed by atoms with Gasteiger partial charge in [-0.25, -0.2) is 0 Å². The van der Waals surface area contributed by atoms with Crippen LogP contribution in [0.3, 0.4) is 0 Å². The molecule has 1 aromatic rings. The van der Waals surface area contributed by atoms with Gasteiger partial charge in [0.1, 0.15) is 0 Å². The first-order chi connectivity index (χ1) is 11.7. The molecule has 132 valence electrons. The number of unbranched alkanes of at least 4 members (excludes halogenated alkanes) is 6. The van der Waals surface area contributed by atoms with E-state index in [9.17, 15) is 4.79 Å². The summed E-state index contributed by atoms with van der Waals surface area (Å²) >= 11 is 0. The van der Waals surface area contributed by atoms with Crippen LogP contribution in [0.4, 0.5) is 5.69 Å². The Morgan fingerprint density at radius 1 is 1.04 bits per heavy atom. The number of aryl methyl sites for hydroxylation is 1. The Hall–Kier alpha value is -1.39. The van der Waals surface area contributed by atoms with Crippen LogP contribution in [-0.4, -0.2) is 25.7 Å². The SMILES string of the molecule is CCCCCCCCCN1C(=O)C2(OCCO2)c2cc(C)ccc21. The molecule has 0 unspecified atom stereocenters. The van der Waals surface area contributed by atoms with Crippen LogP contribution in [0.5, 0.6) is 0 Å². The molecule has 0 saturated carbocycles. The molecule has 1 fully saturated rings. The van der Waals surface area contributed by atoms with Gasteiger partial charge in [0.05, 0.1) is 18.9 Å². The van der Waals surface area contributed by atoms with Crippen LogP contribution in [0.2, 0.25) is 0 Å². The Kier molecular flexibility index (Phi) is 5.57. The molecule has 2 heterocycles. The maximum absolute atomic E-state index is 13.0. The first kappa shape index (κ1) is 17.4. The second kappa shape index (κ2) is 7.66. The van der Waals surface area contributed by atoms with Crippen LogP contribution in [0.1, 0.15) is 63.0 Å². The van der Waals surface area contributed by atoms with Gasteiger partial charge in [-0.15, -0.1) is 0 Å². The van der Waals surface area contributed by atoms with Crippen molar-refractivity contribution in [3.05, 3.63) is 29.3 Å². The van der Waals surface area contributed by atoms with Crippen LogP contribution < -0.4 is 4.90 Å². The number of rotatable bonds is 8. The molecule has 2 aliphatic rings. The highest BCUT2D eigenvalue weighted by molar-refractivity contribution is 6.06. The average Bonchev–Trinajstić information content (AvgIpc) is 3.15. The van der Waals surface area contributed by atoms with Gasteiger partial charge < -0.3 is 14.4 Å². The highest BCUT2D eigenvalue weighted by Crippen LogP contribution is 2.46. The third-order valence-electron chi connectivity index (χ3n) is 5.00. The quantitative estimate of drug-likeness (QED) is 0.667. The van der Waals surface area contributed by atoms with Gasteiger partial charge >= 0.3 is 0 Å². The molecule has 4 heteroatoms. The normalized spacial score (nSPS) is 18.6. The molecule has 0 aromatic heterocycles. The van der Waals surface area contributed by atoms with Gasteiger partial charge in [-0.3, -0.25) is 4.79 Å². The topological polar surface area (TPSA) is 38.8 Å². The zero-order valence-electron chi connectivity index (χ0n) is 15.0. The van der Waals surface area contributed by atoms with E-state index in [1.54, 1.807) is 0 Å². The molecule has 1 saturated heterocycles. The monoisotopic (exact) mass is 331 g/mol. The van der Waals surface area contributed by atoms with E-state index < -0.39 is 5.79 Å². The summed E-state index contributed by atoms with van der Waals surface area (Å²) in [4.78, 5) is 14.8. The lowest BCUT2D eigenvalue weighted by Crippen LogP contribution is -2.41. The third-order valence-corrected chi connectivity index (χ3v) is 5.00. The predicted molar refractivity (Wildman–Crippen MR) is 95.1 cm³/mol. The molecular weight excluding hydrogens is 302 g/mol. The summed E-state index contributed by atoms with van der Waals surface area (Å²) in [6.45, 7) is 5.97. The number of nitrogens with zero attached hydrogens (tertiary/aromatic N) is 1. The number of hydrogen-bond donors (Lipinski definition) is 0. The largest absolute Gasteiger partial charge is 0.336 e. The summed E-state index contributed by atoms with van der Waals surface area (Å²) in [5.74, 6) is -1.23. The van der Waals surface area contributed by atoms with Gasteiger partial charge in [-0.2, -0.15) is 0 Å². The van der Waals surface area contributed by atoms with Crippen LogP contribution in [0.15, 0.2) is 18.2 Å². The van der Waals surface area contributed by atoms with Crippen LogP contribution in [0, 0.1) is 6.92 Å². The lowest BCUT2D eigenvalue weighted by atomic mass is 10.0. The number of carbonyl (C=O) groups excluding carboxylic acids is 1. The van der Waals surface area contributed by atoms with Crippen molar-refractivity contribution in [3.63, 3.8) is 0 Å². The van der Waals surface area contributed by atoms with Crippen molar-refractivity contribution in [1.82, 2.24) is 0 Å². The summed E-state index contributed by atoms with van der Waals surface area (Å²) in [7, 11) is 0. The van der Waals surface area contributed by atoms with Crippen molar-refractivity contribution < 1.29 is 14.3 Å².